The minimum Gasteiger partial charge on any atom is -0.337 e. The highest BCUT2D eigenvalue weighted by molar-refractivity contribution is 5.91. The van der Waals surface area contributed by atoms with Crippen LogP contribution in [0.1, 0.15) is 43.6 Å². The van der Waals surface area contributed by atoms with Gasteiger partial charge in [0.15, 0.2) is 5.69 Å². The number of rotatable bonds is 6. The van der Waals surface area contributed by atoms with Crippen molar-refractivity contribution in [1.29, 1.82) is 0 Å². The van der Waals surface area contributed by atoms with E-state index in [0.717, 1.165) is 45.4 Å². The summed E-state index contributed by atoms with van der Waals surface area (Å²) in [5, 5.41) is 11.3. The van der Waals surface area contributed by atoms with Gasteiger partial charge in [-0.05, 0) is 44.7 Å². The third-order valence-corrected chi connectivity index (χ3v) is 4.09. The Balaban J connectivity index is 1.86. The molecule has 0 aromatic carbocycles. The summed E-state index contributed by atoms with van der Waals surface area (Å²) in [7, 11) is 1.98. The van der Waals surface area contributed by atoms with Gasteiger partial charge in [-0.2, -0.15) is 0 Å². The van der Waals surface area contributed by atoms with Gasteiger partial charge in [-0.3, -0.25) is 9.48 Å². The summed E-state index contributed by atoms with van der Waals surface area (Å²) >= 11 is 0. The summed E-state index contributed by atoms with van der Waals surface area (Å²) in [6, 6.07) is 0. The zero-order valence-corrected chi connectivity index (χ0v) is 13.4. The Morgan fingerprint density at radius 1 is 1.43 bits per heavy atom. The van der Waals surface area contributed by atoms with Gasteiger partial charge in [0.1, 0.15) is 0 Å². The van der Waals surface area contributed by atoms with Gasteiger partial charge >= 0.3 is 0 Å². The molecule has 1 aliphatic heterocycles. The van der Waals surface area contributed by atoms with E-state index in [1.807, 2.05) is 11.9 Å². The van der Waals surface area contributed by atoms with Gasteiger partial charge in [-0.15, -0.1) is 5.10 Å². The van der Waals surface area contributed by atoms with E-state index in [-0.39, 0.29) is 5.91 Å². The van der Waals surface area contributed by atoms with Gasteiger partial charge in [0.25, 0.3) is 5.91 Å². The second-order valence-corrected chi connectivity index (χ2v) is 6.34. The molecule has 0 radical (unpaired) electrons. The third-order valence-electron chi connectivity index (χ3n) is 4.09. The second-order valence-electron chi connectivity index (χ2n) is 6.34. The molecule has 1 saturated heterocycles. The van der Waals surface area contributed by atoms with E-state index in [1.54, 1.807) is 10.9 Å². The molecule has 0 spiro atoms. The van der Waals surface area contributed by atoms with Crippen molar-refractivity contribution in [3.8, 4) is 0 Å². The summed E-state index contributed by atoms with van der Waals surface area (Å²) in [5.41, 5.74) is 0.478. The number of hydrogen-bond acceptors (Lipinski definition) is 4. The van der Waals surface area contributed by atoms with E-state index in [0.29, 0.717) is 17.5 Å². The lowest BCUT2D eigenvalue weighted by Crippen LogP contribution is -2.40. The van der Waals surface area contributed by atoms with Crippen LogP contribution in [-0.4, -0.2) is 52.5 Å². The maximum atomic E-state index is 12.4. The lowest BCUT2D eigenvalue weighted by molar-refractivity contribution is 0.0685. The number of carbonyl (C=O) groups is 1. The molecule has 0 saturated carbocycles. The van der Waals surface area contributed by atoms with Crippen molar-refractivity contribution in [2.75, 3.05) is 26.7 Å². The Morgan fingerprint density at radius 2 is 2.14 bits per heavy atom. The summed E-state index contributed by atoms with van der Waals surface area (Å²) in [6.07, 6.45) is 4.96. The predicted molar refractivity (Wildman–Crippen MR) is 82.0 cm³/mol. The van der Waals surface area contributed by atoms with Crippen LogP contribution in [0.3, 0.4) is 0 Å². The molecule has 0 unspecified atom stereocenters. The van der Waals surface area contributed by atoms with E-state index in [2.05, 4.69) is 29.5 Å². The number of aryl methyl sites for hydroxylation is 1. The monoisotopic (exact) mass is 293 g/mol. The summed E-state index contributed by atoms with van der Waals surface area (Å²) in [6.45, 7) is 7.86. The average molecular weight is 293 g/mol. The van der Waals surface area contributed by atoms with Gasteiger partial charge in [-0.1, -0.05) is 19.1 Å². The SMILES string of the molecule is CNCC1CCN(C(=O)c2cn(CCC(C)C)nn2)CC1. The van der Waals surface area contributed by atoms with Crippen LogP contribution in [-0.2, 0) is 6.54 Å². The molecule has 2 rings (SSSR count). The maximum absolute atomic E-state index is 12.4. The largest absolute Gasteiger partial charge is 0.337 e. The topological polar surface area (TPSA) is 63.1 Å². The first-order valence-electron chi connectivity index (χ1n) is 7.94. The molecule has 21 heavy (non-hydrogen) atoms. The lowest BCUT2D eigenvalue weighted by Gasteiger charge is -2.31. The van der Waals surface area contributed by atoms with Crippen molar-refractivity contribution >= 4 is 5.91 Å². The van der Waals surface area contributed by atoms with Gasteiger partial charge in [-0.25, -0.2) is 0 Å². The first-order chi connectivity index (χ1) is 10.1. The third kappa shape index (κ3) is 4.52. The van der Waals surface area contributed by atoms with Gasteiger partial charge in [0.2, 0.25) is 0 Å². The lowest BCUT2D eigenvalue weighted by atomic mass is 9.97. The highest BCUT2D eigenvalue weighted by Gasteiger charge is 2.24. The summed E-state index contributed by atoms with van der Waals surface area (Å²) < 4.78 is 1.78. The van der Waals surface area contributed by atoms with E-state index in [4.69, 9.17) is 0 Å². The molecular weight excluding hydrogens is 266 g/mol. The number of carbonyl (C=O) groups excluding carboxylic acids is 1. The van der Waals surface area contributed by atoms with Crippen LogP contribution in [0, 0.1) is 11.8 Å². The summed E-state index contributed by atoms with van der Waals surface area (Å²) in [4.78, 5) is 14.3. The summed E-state index contributed by atoms with van der Waals surface area (Å²) in [5.74, 6) is 1.33. The number of amides is 1. The molecule has 0 atom stereocenters. The Labute approximate surface area is 126 Å². The molecule has 6 heteroatoms. The van der Waals surface area contributed by atoms with Crippen molar-refractivity contribution in [2.24, 2.45) is 11.8 Å². The molecule has 1 aromatic heterocycles. The predicted octanol–water partition coefficient (Wildman–Crippen LogP) is 1.40. The van der Waals surface area contributed by atoms with Crippen LogP contribution >= 0.6 is 0 Å². The van der Waals surface area contributed by atoms with E-state index < -0.39 is 0 Å². The molecule has 0 bridgehead atoms. The van der Waals surface area contributed by atoms with Crippen LogP contribution in [0.5, 0.6) is 0 Å². The first kappa shape index (κ1) is 15.9. The molecule has 2 heterocycles. The molecule has 118 valence electrons. The number of aromatic nitrogens is 3. The fourth-order valence-corrected chi connectivity index (χ4v) is 2.69. The molecule has 1 N–H and O–H groups in total. The molecule has 1 aliphatic rings. The minimum atomic E-state index is 0.0219. The van der Waals surface area contributed by atoms with Crippen molar-refractivity contribution < 1.29 is 4.79 Å². The van der Waals surface area contributed by atoms with Crippen molar-refractivity contribution in [3.63, 3.8) is 0 Å². The van der Waals surface area contributed by atoms with Crippen molar-refractivity contribution in [1.82, 2.24) is 25.2 Å². The normalized spacial score (nSPS) is 16.7. The minimum absolute atomic E-state index is 0.0219. The average Bonchev–Trinajstić information content (AvgIpc) is 2.94. The smallest absolute Gasteiger partial charge is 0.276 e. The number of hydrogen-bond donors (Lipinski definition) is 1. The Morgan fingerprint density at radius 3 is 2.76 bits per heavy atom. The van der Waals surface area contributed by atoms with Crippen molar-refractivity contribution in [2.45, 2.75) is 39.7 Å². The zero-order chi connectivity index (χ0) is 15.2. The molecular formula is C15H27N5O. The van der Waals surface area contributed by atoms with Crippen molar-refractivity contribution in [3.05, 3.63) is 11.9 Å². The van der Waals surface area contributed by atoms with Gasteiger partial charge < -0.3 is 10.2 Å². The fourth-order valence-electron chi connectivity index (χ4n) is 2.69. The van der Waals surface area contributed by atoms with E-state index >= 15 is 0 Å². The second kappa shape index (κ2) is 7.54. The van der Waals surface area contributed by atoms with Crippen LogP contribution < -0.4 is 5.32 Å². The zero-order valence-electron chi connectivity index (χ0n) is 13.4. The molecule has 1 amide bonds. The number of piperidine rings is 1. The molecule has 6 nitrogen and oxygen atoms in total. The van der Waals surface area contributed by atoms with Gasteiger partial charge in [0, 0.05) is 19.6 Å². The highest BCUT2D eigenvalue weighted by atomic mass is 16.2. The number of nitrogens with zero attached hydrogens (tertiary/aromatic N) is 4. The molecule has 1 fully saturated rings. The Hall–Kier alpha value is -1.43. The van der Waals surface area contributed by atoms with Crippen LogP contribution in [0.4, 0.5) is 0 Å². The highest BCUT2D eigenvalue weighted by Crippen LogP contribution is 2.17. The number of nitrogens with one attached hydrogen (secondary N) is 1. The Kier molecular flexibility index (Phi) is 5.73. The van der Waals surface area contributed by atoms with E-state index in [9.17, 15) is 4.79 Å². The fraction of sp³-hybridized carbons (Fsp3) is 0.800. The quantitative estimate of drug-likeness (QED) is 0.861. The van der Waals surface area contributed by atoms with Crippen LogP contribution in [0.2, 0.25) is 0 Å². The molecule has 1 aromatic rings. The van der Waals surface area contributed by atoms with Crippen LogP contribution in [0.15, 0.2) is 6.20 Å². The van der Waals surface area contributed by atoms with Crippen LogP contribution in [0.25, 0.3) is 0 Å². The van der Waals surface area contributed by atoms with E-state index in [1.165, 1.54) is 0 Å². The standard InChI is InChI=1S/C15H27N5O/c1-12(2)4-9-20-11-14(17-18-20)15(21)19-7-5-13(6-8-19)10-16-3/h11-13,16H,4-10H2,1-3H3. The first-order valence-corrected chi connectivity index (χ1v) is 7.94. The molecule has 0 aliphatic carbocycles. The van der Waals surface area contributed by atoms with Gasteiger partial charge in [0.05, 0.1) is 6.20 Å². The Bertz CT molecular complexity index is 449. The maximum Gasteiger partial charge on any atom is 0.276 e. The number of likely N-dealkylation sites (tertiary alicyclic amines) is 1.